The SMILES string of the molecule is Cc1cc(=O)c2c(O)c3c(cc2o1)OC1(C)CCSSCC2=C(N)NC(Cn4cc5cc[nH]c5c4)C=C2C2C=C(C=C(N)N2)CCC2OC2(C)C(=O)OC1C3. The summed E-state index contributed by atoms with van der Waals surface area (Å²) in [5.41, 5.74) is 15.7. The normalized spacial score (nSPS) is 29.7. The van der Waals surface area contributed by atoms with E-state index in [0.717, 1.165) is 27.6 Å². The molecule has 0 radical (unpaired) electrons. The molecule has 1 aromatic carbocycles. The third kappa shape index (κ3) is 6.55. The van der Waals surface area contributed by atoms with Crippen LogP contribution in [0.2, 0.25) is 0 Å². The number of nitrogens with zero attached hydrogens (tertiary/aromatic N) is 1. The average molecular weight is 785 g/mol. The Morgan fingerprint density at radius 2 is 1.95 bits per heavy atom. The van der Waals surface area contributed by atoms with Crippen molar-refractivity contribution in [2.45, 2.75) is 88.5 Å². The Kier molecular flexibility index (Phi) is 8.74. The minimum absolute atomic E-state index is 0.0557. The summed E-state index contributed by atoms with van der Waals surface area (Å²) in [7, 11) is 3.36. The van der Waals surface area contributed by atoms with Gasteiger partial charge in [-0.2, -0.15) is 0 Å². The van der Waals surface area contributed by atoms with E-state index in [1.807, 2.05) is 19.2 Å². The molecule has 0 spiro atoms. The number of epoxide rings is 1. The molecular weight excluding hydrogens is 741 g/mol. The minimum Gasteiger partial charge on any atom is -0.507 e. The number of ether oxygens (including phenoxy) is 3. The molecule has 4 aromatic rings. The number of nitrogens with one attached hydrogen (secondary N) is 3. The molecule has 55 heavy (non-hydrogen) atoms. The summed E-state index contributed by atoms with van der Waals surface area (Å²) in [6.45, 7) is 6.05. The highest BCUT2D eigenvalue weighted by atomic mass is 33.1. The van der Waals surface area contributed by atoms with Gasteiger partial charge < -0.3 is 55.4 Å². The number of phenolic OH excluding ortho intramolecular Hbond substituents is 1. The van der Waals surface area contributed by atoms with Gasteiger partial charge in [-0.3, -0.25) is 4.79 Å². The molecule has 0 aliphatic carbocycles. The van der Waals surface area contributed by atoms with E-state index in [9.17, 15) is 14.7 Å². The van der Waals surface area contributed by atoms with Crippen molar-refractivity contribution in [3.05, 3.63) is 105 Å². The molecule has 3 aromatic heterocycles. The Morgan fingerprint density at radius 3 is 2.78 bits per heavy atom. The lowest BCUT2D eigenvalue weighted by atomic mass is 9.86. The van der Waals surface area contributed by atoms with E-state index in [4.69, 9.17) is 30.1 Å². The second-order valence-electron chi connectivity index (χ2n) is 15.4. The number of carbonyl (C=O) groups is 1. The Balaban J connectivity index is 1.02. The summed E-state index contributed by atoms with van der Waals surface area (Å²) < 4.78 is 27.0. The van der Waals surface area contributed by atoms with Gasteiger partial charge in [0.25, 0.3) is 0 Å². The van der Waals surface area contributed by atoms with Crippen molar-refractivity contribution in [2.75, 3.05) is 11.5 Å². The van der Waals surface area contributed by atoms with Crippen molar-refractivity contribution >= 4 is 49.4 Å². The van der Waals surface area contributed by atoms with E-state index in [0.29, 0.717) is 66.0 Å². The maximum Gasteiger partial charge on any atom is 0.341 e. The van der Waals surface area contributed by atoms with Crippen molar-refractivity contribution in [3.63, 3.8) is 0 Å². The van der Waals surface area contributed by atoms with Crippen LogP contribution in [0.4, 0.5) is 0 Å². The molecule has 0 saturated carbocycles. The monoisotopic (exact) mass is 784 g/mol. The summed E-state index contributed by atoms with van der Waals surface area (Å²) >= 11 is 0. The Hall–Kier alpha value is -4.86. The second kappa shape index (κ2) is 13.4. The first-order valence-electron chi connectivity index (χ1n) is 18.5. The standard InChI is InChI=1S/C40H44N6O7S2/c1-20-10-29(47)35-31(50-20)15-30-25(36(35)48)14-33-39(2,52-30)7-9-54-55-19-26-24(13-23(44-37(26)42)17-46-16-22-6-8-43-28(22)18-46)27-11-21(12-34(41)45-27)4-5-32-40(3,53-32)38(49)51-33/h6,8,10-13,15-16,18,23,27,32-33,43-45,48H,4-5,7,9,14,17,19,41-42H2,1-3H3. The van der Waals surface area contributed by atoms with E-state index in [1.54, 1.807) is 41.5 Å². The van der Waals surface area contributed by atoms with Crippen molar-refractivity contribution in [1.82, 2.24) is 20.2 Å². The molecule has 1 saturated heterocycles. The van der Waals surface area contributed by atoms with Crippen LogP contribution in [0.5, 0.6) is 11.5 Å². The molecule has 6 unspecified atom stereocenters. The number of carbonyl (C=O) groups excluding carboxylic acids is 1. The van der Waals surface area contributed by atoms with Gasteiger partial charge in [-0.25, -0.2) is 4.79 Å². The molecule has 13 nitrogen and oxygen atoms in total. The number of nitrogens with two attached hydrogens (primary N) is 2. The predicted octanol–water partition coefficient (Wildman–Crippen LogP) is 4.89. The molecule has 8 N–H and O–H groups in total. The van der Waals surface area contributed by atoms with E-state index < -0.39 is 23.3 Å². The quantitative estimate of drug-likeness (QED) is 0.0915. The van der Waals surface area contributed by atoms with E-state index in [1.165, 1.54) is 6.07 Å². The largest absolute Gasteiger partial charge is 0.507 e. The first-order valence-corrected chi connectivity index (χ1v) is 21.0. The maximum atomic E-state index is 13.9. The van der Waals surface area contributed by atoms with Crippen LogP contribution in [-0.2, 0) is 27.2 Å². The number of phenols is 1. The molecule has 1 fully saturated rings. The van der Waals surface area contributed by atoms with E-state index >= 15 is 0 Å². The average Bonchev–Trinajstić information content (AvgIpc) is 3.37. The molecular formula is C40H44N6O7S2. The fourth-order valence-electron chi connectivity index (χ4n) is 8.28. The molecule has 8 heterocycles. The highest BCUT2D eigenvalue weighted by molar-refractivity contribution is 8.76. The Bertz CT molecular complexity index is 2400. The van der Waals surface area contributed by atoms with Crippen molar-refractivity contribution in [2.24, 2.45) is 11.5 Å². The predicted molar refractivity (Wildman–Crippen MR) is 213 cm³/mol. The Morgan fingerprint density at radius 1 is 1.09 bits per heavy atom. The number of H-pyrrole nitrogens is 1. The molecule has 15 heteroatoms. The van der Waals surface area contributed by atoms with Crippen LogP contribution in [0.1, 0.15) is 44.4 Å². The van der Waals surface area contributed by atoms with Crippen LogP contribution in [-0.4, -0.2) is 67.6 Å². The molecule has 6 atom stereocenters. The van der Waals surface area contributed by atoms with Crippen LogP contribution in [0.3, 0.4) is 0 Å². The van der Waals surface area contributed by atoms with Crippen LogP contribution in [0.15, 0.2) is 92.6 Å². The van der Waals surface area contributed by atoms with E-state index in [2.05, 4.69) is 50.8 Å². The number of benzene rings is 1. The van der Waals surface area contributed by atoms with Crippen molar-refractivity contribution in [3.8, 4) is 11.5 Å². The van der Waals surface area contributed by atoms with Gasteiger partial charge in [0.15, 0.2) is 11.0 Å². The lowest BCUT2D eigenvalue weighted by molar-refractivity contribution is -0.168. The highest BCUT2D eigenvalue weighted by Crippen LogP contribution is 2.47. The van der Waals surface area contributed by atoms with Gasteiger partial charge in [-0.05, 0) is 56.9 Å². The number of esters is 1. The van der Waals surface area contributed by atoms with Crippen LogP contribution < -0.4 is 32.3 Å². The van der Waals surface area contributed by atoms with Crippen LogP contribution in [0.25, 0.3) is 21.9 Å². The van der Waals surface area contributed by atoms with Gasteiger partial charge in [-0.1, -0.05) is 33.7 Å². The number of aromatic hydroxyl groups is 1. The molecule has 5 aliphatic heterocycles. The van der Waals surface area contributed by atoms with Gasteiger partial charge in [0.05, 0.1) is 29.5 Å². The summed E-state index contributed by atoms with van der Waals surface area (Å²) in [6.07, 6.45) is 13.3. The number of aryl methyl sites for hydroxylation is 1. The van der Waals surface area contributed by atoms with Crippen LogP contribution in [0, 0.1) is 6.92 Å². The van der Waals surface area contributed by atoms with Crippen molar-refractivity contribution in [1.29, 1.82) is 0 Å². The van der Waals surface area contributed by atoms with Gasteiger partial charge in [-0.15, -0.1) is 0 Å². The second-order valence-corrected chi connectivity index (χ2v) is 18.0. The zero-order chi connectivity index (χ0) is 38.2. The lowest BCUT2D eigenvalue weighted by Crippen LogP contribution is -2.52. The third-order valence-corrected chi connectivity index (χ3v) is 13.7. The first kappa shape index (κ1) is 35.8. The maximum absolute atomic E-state index is 13.9. The van der Waals surface area contributed by atoms with Gasteiger partial charge >= 0.3 is 5.97 Å². The summed E-state index contributed by atoms with van der Waals surface area (Å²) in [6, 6.07) is 4.80. The summed E-state index contributed by atoms with van der Waals surface area (Å²) in [5, 5.41) is 19.6. The number of hydrogen-bond donors (Lipinski definition) is 6. The lowest BCUT2D eigenvalue weighted by Gasteiger charge is -2.42. The van der Waals surface area contributed by atoms with Gasteiger partial charge in [0.2, 0.25) is 0 Å². The fourth-order valence-corrected chi connectivity index (χ4v) is 10.6. The van der Waals surface area contributed by atoms with Gasteiger partial charge in [0, 0.05) is 78.1 Å². The topological polar surface area (TPSA) is 195 Å². The number of aromatic nitrogens is 2. The minimum atomic E-state index is -1.14. The van der Waals surface area contributed by atoms with E-state index in [-0.39, 0.29) is 46.8 Å². The third-order valence-electron chi connectivity index (χ3n) is 11.5. The Labute approximate surface area is 325 Å². The molecule has 0 amide bonds. The van der Waals surface area contributed by atoms with Crippen LogP contribution >= 0.6 is 21.6 Å². The summed E-state index contributed by atoms with van der Waals surface area (Å²) in [4.78, 5) is 30.1. The molecule has 5 aliphatic rings. The zero-order valence-electron chi connectivity index (χ0n) is 30.8. The number of allylic oxidation sites excluding steroid dienone is 2. The number of hydrogen-bond acceptors (Lipinski definition) is 13. The number of dihydropyridines is 2. The molecule has 9 rings (SSSR count). The first-order chi connectivity index (χ1) is 26.4. The molecule has 288 valence electrons. The molecule has 2 bridgehead atoms. The highest BCUT2D eigenvalue weighted by Gasteiger charge is 2.61. The van der Waals surface area contributed by atoms with Crippen molar-refractivity contribution < 1.29 is 28.5 Å². The number of rotatable bonds is 2. The summed E-state index contributed by atoms with van der Waals surface area (Å²) in [5.74, 6) is 2.59. The zero-order valence-corrected chi connectivity index (χ0v) is 32.4. The van der Waals surface area contributed by atoms with Gasteiger partial charge in [0.1, 0.15) is 45.8 Å². The number of aromatic amines is 1. The number of fused-ring (bicyclic) bond motifs is 8. The fraction of sp³-hybridized carbons (Fsp3) is 0.400. The smallest absolute Gasteiger partial charge is 0.341 e.